The number of carbonyl (C=O) groups is 1. The van der Waals surface area contributed by atoms with Gasteiger partial charge in [0.1, 0.15) is 5.69 Å². The molecule has 1 aromatic carbocycles. The van der Waals surface area contributed by atoms with Crippen LogP contribution < -0.4 is 16.7 Å². The molecule has 0 fully saturated rings. The normalized spacial score (nSPS) is 11.1. The molecule has 0 spiro atoms. The van der Waals surface area contributed by atoms with E-state index in [0.29, 0.717) is 0 Å². The smallest absolute Gasteiger partial charge is 0.342 e. The average molecular weight is 312 g/mol. The molecule has 0 saturated carbocycles. The molecular weight excluding hydrogens is 300 g/mol. The molecule has 0 atom stereocenters. The molecule has 2 aromatic heterocycles. The van der Waals surface area contributed by atoms with E-state index in [1.54, 1.807) is 6.20 Å². The van der Waals surface area contributed by atoms with Gasteiger partial charge in [0.25, 0.3) is 5.56 Å². The Morgan fingerprint density at radius 3 is 2.96 bits per heavy atom. The van der Waals surface area contributed by atoms with Crippen molar-refractivity contribution in [1.82, 2.24) is 25.6 Å². The van der Waals surface area contributed by atoms with Crippen LogP contribution in [-0.2, 0) is 11.2 Å². The zero-order valence-electron chi connectivity index (χ0n) is 11.8. The third-order valence-electron chi connectivity index (χ3n) is 3.12. The van der Waals surface area contributed by atoms with Crippen LogP contribution in [0.3, 0.4) is 0 Å². The Bertz CT molecular complexity index is 997. The minimum atomic E-state index is -0.725. The zero-order chi connectivity index (χ0) is 16.2. The number of hydrazone groups is 1. The molecule has 116 valence electrons. The molecule has 0 radical (unpaired) electrons. The van der Waals surface area contributed by atoms with Crippen LogP contribution in [0.5, 0.6) is 0 Å². The molecule has 0 aliphatic carbocycles. The number of amides is 1. The number of aromatic nitrogens is 4. The highest BCUT2D eigenvalue weighted by Gasteiger charge is 2.08. The molecule has 0 unspecified atom stereocenters. The van der Waals surface area contributed by atoms with Crippen molar-refractivity contribution in [3.05, 3.63) is 62.6 Å². The fourth-order valence-corrected chi connectivity index (χ4v) is 2.06. The molecule has 2 heterocycles. The van der Waals surface area contributed by atoms with Gasteiger partial charge in [0, 0.05) is 22.7 Å². The summed E-state index contributed by atoms with van der Waals surface area (Å²) in [6, 6.07) is 7.68. The lowest BCUT2D eigenvalue weighted by molar-refractivity contribution is -0.120. The first-order valence-electron chi connectivity index (χ1n) is 6.69. The van der Waals surface area contributed by atoms with E-state index in [4.69, 9.17) is 0 Å². The Kier molecular flexibility index (Phi) is 3.83. The van der Waals surface area contributed by atoms with E-state index in [0.717, 1.165) is 16.5 Å². The number of nitrogens with one attached hydrogen (secondary N) is 4. The molecule has 3 aromatic rings. The van der Waals surface area contributed by atoms with E-state index in [2.05, 4.69) is 25.7 Å². The van der Waals surface area contributed by atoms with Crippen LogP contribution >= 0.6 is 0 Å². The summed E-state index contributed by atoms with van der Waals surface area (Å²) in [5.41, 5.74) is 2.57. The van der Waals surface area contributed by atoms with E-state index in [-0.39, 0.29) is 12.1 Å². The molecule has 23 heavy (non-hydrogen) atoms. The van der Waals surface area contributed by atoms with Crippen molar-refractivity contribution >= 4 is 23.0 Å². The van der Waals surface area contributed by atoms with Crippen LogP contribution in [-0.4, -0.2) is 32.3 Å². The number of para-hydroxylation sites is 1. The highest BCUT2D eigenvalue weighted by molar-refractivity contribution is 5.99. The standard InChI is InChI=1S/C14H12N6O3/c21-12(5-11-13(22)17-14(23)20-18-11)19-16-7-8-6-15-10-4-2-1-3-9(8)10/h1-4,6-7,15H,5H2,(H,19,21)(H2,17,20,22,23)/b16-7+. The minimum absolute atomic E-state index is 0.0932. The maximum atomic E-state index is 11.7. The maximum Gasteiger partial charge on any atom is 0.342 e. The maximum absolute atomic E-state index is 11.7. The van der Waals surface area contributed by atoms with Crippen molar-refractivity contribution in [3.8, 4) is 0 Å². The lowest BCUT2D eigenvalue weighted by atomic mass is 10.2. The molecular formula is C14H12N6O3. The summed E-state index contributed by atoms with van der Waals surface area (Å²) in [7, 11) is 0. The van der Waals surface area contributed by atoms with E-state index in [1.807, 2.05) is 29.2 Å². The first kappa shape index (κ1) is 14.4. The number of benzene rings is 1. The molecule has 9 nitrogen and oxygen atoms in total. The van der Waals surface area contributed by atoms with Crippen LogP contribution in [0.15, 0.2) is 45.2 Å². The zero-order valence-corrected chi connectivity index (χ0v) is 11.8. The first-order valence-corrected chi connectivity index (χ1v) is 6.69. The number of hydrogen-bond acceptors (Lipinski definition) is 5. The van der Waals surface area contributed by atoms with Gasteiger partial charge in [-0.05, 0) is 6.07 Å². The highest BCUT2D eigenvalue weighted by Crippen LogP contribution is 2.15. The molecule has 0 saturated heterocycles. The molecule has 0 bridgehead atoms. The lowest BCUT2D eigenvalue weighted by Crippen LogP contribution is -2.31. The second kappa shape index (κ2) is 6.10. The Morgan fingerprint density at radius 1 is 1.30 bits per heavy atom. The minimum Gasteiger partial charge on any atom is -0.361 e. The topological polar surface area (TPSA) is 136 Å². The highest BCUT2D eigenvalue weighted by atomic mass is 16.2. The lowest BCUT2D eigenvalue weighted by Gasteiger charge is -1.98. The molecule has 4 N–H and O–H groups in total. The molecule has 1 amide bonds. The number of carbonyl (C=O) groups excluding carboxylic acids is 1. The predicted octanol–water partition coefficient (Wildman–Crippen LogP) is -0.368. The van der Waals surface area contributed by atoms with Gasteiger partial charge in [-0.1, -0.05) is 18.2 Å². The molecule has 0 aliphatic heterocycles. The predicted molar refractivity (Wildman–Crippen MR) is 83.2 cm³/mol. The number of nitrogens with zero attached hydrogens (tertiary/aromatic N) is 2. The number of rotatable bonds is 4. The monoisotopic (exact) mass is 312 g/mol. The van der Waals surface area contributed by atoms with E-state index >= 15 is 0 Å². The van der Waals surface area contributed by atoms with Gasteiger partial charge in [-0.3, -0.25) is 14.6 Å². The van der Waals surface area contributed by atoms with Crippen LogP contribution in [0.2, 0.25) is 0 Å². The van der Waals surface area contributed by atoms with Crippen molar-refractivity contribution in [2.45, 2.75) is 6.42 Å². The fourth-order valence-electron chi connectivity index (χ4n) is 2.06. The summed E-state index contributed by atoms with van der Waals surface area (Å²) in [6.45, 7) is 0. The Balaban J connectivity index is 1.67. The summed E-state index contributed by atoms with van der Waals surface area (Å²) in [5, 5.41) is 10.4. The van der Waals surface area contributed by atoms with Crippen molar-refractivity contribution < 1.29 is 4.79 Å². The van der Waals surface area contributed by atoms with Crippen LogP contribution in [0.25, 0.3) is 10.9 Å². The first-order chi connectivity index (χ1) is 11.1. The summed E-state index contributed by atoms with van der Waals surface area (Å²) in [6.07, 6.45) is 2.98. The van der Waals surface area contributed by atoms with Crippen molar-refractivity contribution in [1.29, 1.82) is 0 Å². The van der Waals surface area contributed by atoms with Gasteiger partial charge in [0.2, 0.25) is 5.91 Å². The number of aromatic amines is 3. The van der Waals surface area contributed by atoms with E-state index < -0.39 is 17.2 Å². The van der Waals surface area contributed by atoms with Gasteiger partial charge in [-0.25, -0.2) is 15.3 Å². The van der Waals surface area contributed by atoms with Crippen molar-refractivity contribution in [2.75, 3.05) is 0 Å². The van der Waals surface area contributed by atoms with Gasteiger partial charge in [0.05, 0.1) is 12.6 Å². The SMILES string of the molecule is O=C(Cc1n[nH]c(=O)[nH]c1=O)N/N=C/c1c[nH]c2ccccc12. The second-order valence-corrected chi connectivity index (χ2v) is 4.71. The van der Waals surface area contributed by atoms with Gasteiger partial charge < -0.3 is 4.98 Å². The van der Waals surface area contributed by atoms with Crippen molar-refractivity contribution in [3.63, 3.8) is 0 Å². The van der Waals surface area contributed by atoms with Gasteiger partial charge in [0.15, 0.2) is 0 Å². The number of hydrogen-bond donors (Lipinski definition) is 4. The van der Waals surface area contributed by atoms with Gasteiger partial charge in [-0.15, -0.1) is 0 Å². The average Bonchev–Trinajstić information content (AvgIpc) is 2.94. The van der Waals surface area contributed by atoms with Gasteiger partial charge in [-0.2, -0.15) is 10.2 Å². The van der Waals surface area contributed by atoms with Crippen LogP contribution in [0.4, 0.5) is 0 Å². The van der Waals surface area contributed by atoms with Gasteiger partial charge >= 0.3 is 5.69 Å². The second-order valence-electron chi connectivity index (χ2n) is 4.71. The third kappa shape index (κ3) is 3.23. The van der Waals surface area contributed by atoms with E-state index in [1.165, 1.54) is 6.21 Å². The number of H-pyrrole nitrogens is 3. The Morgan fingerprint density at radius 2 is 2.13 bits per heavy atom. The molecule has 3 rings (SSSR count). The molecule has 0 aliphatic rings. The van der Waals surface area contributed by atoms with Crippen LogP contribution in [0, 0.1) is 0 Å². The fraction of sp³-hybridized carbons (Fsp3) is 0.0714. The summed E-state index contributed by atoms with van der Waals surface area (Å²) >= 11 is 0. The summed E-state index contributed by atoms with van der Waals surface area (Å²) < 4.78 is 0. The number of fused-ring (bicyclic) bond motifs is 1. The Labute approximate surface area is 128 Å². The van der Waals surface area contributed by atoms with Crippen molar-refractivity contribution in [2.24, 2.45) is 5.10 Å². The summed E-state index contributed by atoms with van der Waals surface area (Å²) in [4.78, 5) is 39.1. The summed E-state index contributed by atoms with van der Waals surface area (Å²) in [5.74, 6) is -0.522. The third-order valence-corrected chi connectivity index (χ3v) is 3.12. The molecule has 9 heteroatoms. The van der Waals surface area contributed by atoms with E-state index in [9.17, 15) is 14.4 Å². The largest absolute Gasteiger partial charge is 0.361 e. The quantitative estimate of drug-likeness (QED) is 0.386. The Hall–Kier alpha value is -3.49. The van der Waals surface area contributed by atoms with Crippen LogP contribution in [0.1, 0.15) is 11.3 Å².